The number of cyclic esters (lactones) is 1. The quantitative estimate of drug-likeness (QED) is 0.863. The number of nitrogens with one attached hydrogen (secondary N) is 2. The first-order valence-electron chi connectivity index (χ1n) is 7.50. The predicted molar refractivity (Wildman–Crippen MR) is 85.2 cm³/mol. The van der Waals surface area contributed by atoms with Crippen molar-refractivity contribution in [3.8, 4) is 0 Å². The summed E-state index contributed by atoms with van der Waals surface area (Å²) in [7, 11) is 0. The summed E-state index contributed by atoms with van der Waals surface area (Å²) in [5.74, 6) is -0.418. The first-order chi connectivity index (χ1) is 10.9. The van der Waals surface area contributed by atoms with E-state index in [4.69, 9.17) is 4.74 Å². The number of benzene rings is 1. The second-order valence-corrected chi connectivity index (χ2v) is 5.72. The fraction of sp³-hybridized carbons (Fsp3) is 0.438. The van der Waals surface area contributed by atoms with E-state index in [9.17, 15) is 14.4 Å². The van der Waals surface area contributed by atoms with Crippen molar-refractivity contribution < 1.29 is 19.1 Å². The van der Waals surface area contributed by atoms with Crippen molar-refractivity contribution in [1.29, 1.82) is 0 Å². The molecule has 1 aromatic carbocycles. The third-order valence-corrected chi connectivity index (χ3v) is 3.48. The van der Waals surface area contributed by atoms with Crippen molar-refractivity contribution in [1.82, 2.24) is 10.2 Å². The Bertz CT molecular complexity index is 598. The lowest BCUT2D eigenvalue weighted by Crippen LogP contribution is -2.36. The molecule has 1 aliphatic rings. The van der Waals surface area contributed by atoms with Crippen LogP contribution in [0.1, 0.15) is 31.1 Å². The number of carbonyl (C=O) groups is 3. The minimum atomic E-state index is -0.348. The summed E-state index contributed by atoms with van der Waals surface area (Å²) in [6.45, 7) is 5.99. The Morgan fingerprint density at radius 3 is 2.48 bits per heavy atom. The summed E-state index contributed by atoms with van der Waals surface area (Å²) in [6.07, 6.45) is -0.689. The van der Waals surface area contributed by atoms with Gasteiger partial charge in [0.15, 0.2) is 0 Å². The van der Waals surface area contributed by atoms with Crippen LogP contribution in [0.2, 0.25) is 0 Å². The van der Waals surface area contributed by atoms with Gasteiger partial charge in [-0.15, -0.1) is 0 Å². The molecule has 0 radical (unpaired) electrons. The van der Waals surface area contributed by atoms with Gasteiger partial charge in [0.25, 0.3) is 5.91 Å². The maximum absolute atomic E-state index is 12.1. The number of hydrogen-bond donors (Lipinski definition) is 2. The monoisotopic (exact) mass is 319 g/mol. The van der Waals surface area contributed by atoms with Crippen LogP contribution in [0.25, 0.3) is 0 Å². The smallest absolute Gasteiger partial charge is 0.410 e. The Kier molecular flexibility index (Phi) is 5.20. The second kappa shape index (κ2) is 7.13. The minimum absolute atomic E-state index is 0.0736. The average molecular weight is 319 g/mol. The molecule has 1 aromatic rings. The molecule has 0 spiro atoms. The number of amides is 3. The first-order valence-corrected chi connectivity index (χ1v) is 7.50. The predicted octanol–water partition coefficient (Wildman–Crippen LogP) is 1.60. The molecule has 23 heavy (non-hydrogen) atoms. The van der Waals surface area contributed by atoms with Crippen LogP contribution >= 0.6 is 0 Å². The summed E-state index contributed by atoms with van der Waals surface area (Å²) >= 11 is 0. The molecule has 7 heteroatoms. The van der Waals surface area contributed by atoms with E-state index in [-0.39, 0.29) is 36.6 Å². The van der Waals surface area contributed by atoms with E-state index in [1.54, 1.807) is 29.2 Å². The molecule has 0 aromatic heterocycles. The lowest BCUT2D eigenvalue weighted by atomic mass is 10.2. The Morgan fingerprint density at radius 2 is 1.96 bits per heavy atom. The molecule has 1 heterocycles. The van der Waals surface area contributed by atoms with E-state index in [2.05, 4.69) is 10.6 Å². The van der Waals surface area contributed by atoms with Gasteiger partial charge in [-0.25, -0.2) is 4.79 Å². The normalized spacial score (nSPS) is 17.1. The highest BCUT2D eigenvalue weighted by Crippen LogP contribution is 2.14. The van der Waals surface area contributed by atoms with Crippen molar-refractivity contribution in [3.05, 3.63) is 29.8 Å². The maximum Gasteiger partial charge on any atom is 0.410 e. The Labute approximate surface area is 135 Å². The Morgan fingerprint density at radius 1 is 1.30 bits per heavy atom. The van der Waals surface area contributed by atoms with E-state index >= 15 is 0 Å². The van der Waals surface area contributed by atoms with Gasteiger partial charge >= 0.3 is 6.09 Å². The van der Waals surface area contributed by atoms with Crippen molar-refractivity contribution in [3.63, 3.8) is 0 Å². The van der Waals surface area contributed by atoms with Crippen molar-refractivity contribution in [2.75, 3.05) is 18.4 Å². The number of ether oxygens (including phenoxy) is 1. The largest absolute Gasteiger partial charge is 0.442 e. The molecule has 124 valence electrons. The molecule has 7 nitrogen and oxygen atoms in total. The summed E-state index contributed by atoms with van der Waals surface area (Å²) in [4.78, 5) is 36.3. The maximum atomic E-state index is 12.1. The van der Waals surface area contributed by atoms with Crippen LogP contribution in [0, 0.1) is 0 Å². The Hall–Kier alpha value is -2.57. The van der Waals surface area contributed by atoms with Gasteiger partial charge in [-0.05, 0) is 38.1 Å². The second-order valence-electron chi connectivity index (χ2n) is 5.72. The van der Waals surface area contributed by atoms with Crippen molar-refractivity contribution in [2.24, 2.45) is 0 Å². The third-order valence-electron chi connectivity index (χ3n) is 3.48. The molecule has 0 bridgehead atoms. The molecule has 1 aliphatic heterocycles. The highest BCUT2D eigenvalue weighted by atomic mass is 16.6. The standard InChI is InChI=1S/C16H21N3O4/c1-10(2)19-9-14(23-16(19)22)8-17-15(21)12-4-6-13(7-5-12)18-11(3)20/h4-7,10,14H,8-9H2,1-3H3,(H,17,21)(H,18,20). The molecule has 1 fully saturated rings. The fourth-order valence-electron chi connectivity index (χ4n) is 2.29. The zero-order chi connectivity index (χ0) is 17.0. The number of anilines is 1. The van der Waals surface area contributed by atoms with Crippen LogP contribution in [0.15, 0.2) is 24.3 Å². The van der Waals surface area contributed by atoms with Gasteiger partial charge in [0.05, 0.1) is 13.1 Å². The zero-order valence-electron chi connectivity index (χ0n) is 13.5. The molecular weight excluding hydrogens is 298 g/mol. The summed E-state index contributed by atoms with van der Waals surface area (Å²) in [5, 5.41) is 5.39. The summed E-state index contributed by atoms with van der Waals surface area (Å²) < 4.78 is 5.21. The van der Waals surface area contributed by atoms with E-state index in [0.29, 0.717) is 17.8 Å². The van der Waals surface area contributed by atoms with Gasteiger partial charge in [-0.2, -0.15) is 0 Å². The van der Waals surface area contributed by atoms with Gasteiger partial charge in [-0.3, -0.25) is 9.59 Å². The third kappa shape index (κ3) is 4.45. The molecule has 1 atom stereocenters. The van der Waals surface area contributed by atoms with Crippen LogP contribution < -0.4 is 10.6 Å². The van der Waals surface area contributed by atoms with Crippen LogP contribution in [0.3, 0.4) is 0 Å². The van der Waals surface area contributed by atoms with Crippen LogP contribution in [-0.4, -0.2) is 48.0 Å². The van der Waals surface area contributed by atoms with E-state index in [0.717, 1.165) is 0 Å². The van der Waals surface area contributed by atoms with Crippen molar-refractivity contribution in [2.45, 2.75) is 32.9 Å². The number of carbonyl (C=O) groups excluding carboxylic acids is 3. The van der Waals surface area contributed by atoms with Crippen molar-refractivity contribution >= 4 is 23.6 Å². The molecule has 3 amide bonds. The first kappa shape index (κ1) is 16.8. The van der Waals surface area contributed by atoms with Gasteiger partial charge in [0, 0.05) is 24.2 Å². The zero-order valence-corrected chi connectivity index (χ0v) is 13.5. The highest BCUT2D eigenvalue weighted by molar-refractivity contribution is 5.95. The number of rotatable bonds is 5. The minimum Gasteiger partial charge on any atom is -0.442 e. The Balaban J connectivity index is 1.85. The van der Waals surface area contributed by atoms with Crippen LogP contribution in [0.4, 0.5) is 10.5 Å². The lowest BCUT2D eigenvalue weighted by molar-refractivity contribution is -0.114. The lowest BCUT2D eigenvalue weighted by Gasteiger charge is -2.16. The number of nitrogens with zero attached hydrogens (tertiary/aromatic N) is 1. The fourth-order valence-corrected chi connectivity index (χ4v) is 2.29. The average Bonchev–Trinajstić information content (AvgIpc) is 2.86. The topological polar surface area (TPSA) is 87.7 Å². The molecule has 2 rings (SSSR count). The molecule has 0 aliphatic carbocycles. The van der Waals surface area contributed by atoms with Crippen LogP contribution in [0.5, 0.6) is 0 Å². The van der Waals surface area contributed by atoms with Gasteiger partial charge < -0.3 is 20.3 Å². The molecule has 2 N–H and O–H groups in total. The molecular formula is C16H21N3O4. The van der Waals surface area contributed by atoms with Gasteiger partial charge in [-0.1, -0.05) is 0 Å². The highest BCUT2D eigenvalue weighted by Gasteiger charge is 2.32. The molecule has 0 saturated carbocycles. The summed E-state index contributed by atoms with van der Waals surface area (Å²) in [5.41, 5.74) is 1.11. The number of hydrogen-bond acceptors (Lipinski definition) is 4. The summed E-state index contributed by atoms with van der Waals surface area (Å²) in [6, 6.07) is 6.65. The van der Waals surface area contributed by atoms with Gasteiger partial charge in [0.2, 0.25) is 5.91 Å². The van der Waals surface area contributed by atoms with E-state index in [1.807, 2.05) is 13.8 Å². The molecule has 1 unspecified atom stereocenters. The SMILES string of the molecule is CC(=O)Nc1ccc(C(=O)NCC2CN(C(C)C)C(=O)O2)cc1. The van der Waals surface area contributed by atoms with Crippen LogP contribution in [-0.2, 0) is 9.53 Å². The van der Waals surface area contributed by atoms with E-state index in [1.165, 1.54) is 6.92 Å². The molecule has 1 saturated heterocycles. The van der Waals surface area contributed by atoms with E-state index < -0.39 is 0 Å². The van der Waals surface area contributed by atoms with Gasteiger partial charge in [0.1, 0.15) is 6.10 Å².